The number of hydrogen-bond acceptors (Lipinski definition) is 3. The molecule has 0 unspecified atom stereocenters. The first-order valence-electron chi connectivity index (χ1n) is 7.73. The number of ether oxygens (including phenoxy) is 1. The van der Waals surface area contributed by atoms with E-state index in [-0.39, 0.29) is 17.6 Å². The first-order chi connectivity index (χ1) is 10.4. The summed E-state index contributed by atoms with van der Waals surface area (Å²) < 4.78 is 5.87. The Hall–Kier alpha value is -1.94. The highest BCUT2D eigenvalue weighted by Crippen LogP contribution is 2.22. The molecule has 2 heterocycles. The maximum absolute atomic E-state index is 12.7. The fourth-order valence-corrected chi connectivity index (χ4v) is 3.23. The quantitative estimate of drug-likeness (QED) is 0.856. The van der Waals surface area contributed by atoms with Gasteiger partial charge in [-0.15, -0.1) is 0 Å². The molecule has 1 aliphatic heterocycles. The molecule has 1 atom stereocenters. The molecule has 0 radical (unpaired) electrons. The predicted octanol–water partition coefficient (Wildman–Crippen LogP) is 2.80. The number of hydrogen-bond donors (Lipinski definition) is 0. The van der Waals surface area contributed by atoms with Gasteiger partial charge in [-0.05, 0) is 32.4 Å². The Kier molecular flexibility index (Phi) is 3.87. The number of rotatable bonds is 2. The summed E-state index contributed by atoms with van der Waals surface area (Å²) in [5.41, 5.74) is 1.61. The summed E-state index contributed by atoms with van der Waals surface area (Å²) in [6.07, 6.45) is 2.23. The number of nitrogens with zero attached hydrogens (tertiary/aromatic N) is 2. The Morgan fingerprint density at radius 1 is 1.36 bits per heavy atom. The number of morpholine rings is 1. The Balaban J connectivity index is 1.81. The first-order valence-corrected chi connectivity index (χ1v) is 7.73. The van der Waals surface area contributed by atoms with E-state index in [1.165, 1.54) is 0 Å². The SMILES string of the molecule is C[C@@H]1CN(C(=O)Cc2cccc3cccnc23)CC(C)(C)O1. The van der Waals surface area contributed by atoms with Crippen molar-refractivity contribution in [1.82, 2.24) is 9.88 Å². The maximum atomic E-state index is 12.7. The smallest absolute Gasteiger partial charge is 0.227 e. The monoisotopic (exact) mass is 298 g/mol. The van der Waals surface area contributed by atoms with Gasteiger partial charge < -0.3 is 9.64 Å². The van der Waals surface area contributed by atoms with Crippen LogP contribution < -0.4 is 0 Å². The second kappa shape index (κ2) is 5.69. The van der Waals surface area contributed by atoms with Gasteiger partial charge in [0.1, 0.15) is 0 Å². The van der Waals surface area contributed by atoms with Crippen molar-refractivity contribution in [1.29, 1.82) is 0 Å². The number of para-hydroxylation sites is 1. The van der Waals surface area contributed by atoms with Crippen molar-refractivity contribution in [2.24, 2.45) is 0 Å². The third-order valence-corrected chi connectivity index (χ3v) is 3.98. The van der Waals surface area contributed by atoms with E-state index < -0.39 is 0 Å². The van der Waals surface area contributed by atoms with Crippen molar-refractivity contribution >= 4 is 16.8 Å². The topological polar surface area (TPSA) is 42.4 Å². The van der Waals surface area contributed by atoms with E-state index in [2.05, 4.69) is 4.98 Å². The number of amides is 1. The lowest BCUT2D eigenvalue weighted by Crippen LogP contribution is -2.54. The average Bonchev–Trinajstić information content (AvgIpc) is 2.45. The number of carbonyl (C=O) groups is 1. The number of fused-ring (bicyclic) bond motifs is 1. The van der Waals surface area contributed by atoms with Crippen molar-refractivity contribution in [3.8, 4) is 0 Å². The average molecular weight is 298 g/mol. The van der Waals surface area contributed by atoms with Crippen molar-refractivity contribution in [3.05, 3.63) is 42.1 Å². The fraction of sp³-hybridized carbons (Fsp3) is 0.444. The summed E-state index contributed by atoms with van der Waals surface area (Å²) in [5.74, 6) is 0.140. The summed E-state index contributed by atoms with van der Waals surface area (Å²) in [6, 6.07) is 9.94. The molecular formula is C18H22N2O2. The van der Waals surface area contributed by atoms with E-state index >= 15 is 0 Å². The zero-order valence-corrected chi connectivity index (χ0v) is 13.4. The van der Waals surface area contributed by atoms with Crippen LogP contribution in [0.25, 0.3) is 10.9 Å². The first kappa shape index (κ1) is 15.0. The molecule has 4 nitrogen and oxygen atoms in total. The zero-order chi connectivity index (χ0) is 15.7. The summed E-state index contributed by atoms with van der Waals surface area (Å²) in [4.78, 5) is 19.0. The van der Waals surface area contributed by atoms with Gasteiger partial charge in [0.05, 0.1) is 23.6 Å². The number of benzene rings is 1. The minimum atomic E-state index is -0.287. The molecule has 0 aliphatic carbocycles. The van der Waals surface area contributed by atoms with Crippen LogP contribution in [0, 0.1) is 0 Å². The second-order valence-corrected chi connectivity index (χ2v) is 6.63. The fourth-order valence-electron chi connectivity index (χ4n) is 3.23. The van der Waals surface area contributed by atoms with E-state index in [9.17, 15) is 4.79 Å². The lowest BCUT2D eigenvalue weighted by molar-refractivity contribution is -0.157. The normalized spacial score (nSPS) is 21.0. The molecule has 0 saturated carbocycles. The largest absolute Gasteiger partial charge is 0.369 e. The van der Waals surface area contributed by atoms with Crippen LogP contribution >= 0.6 is 0 Å². The van der Waals surface area contributed by atoms with Crippen LogP contribution in [0.3, 0.4) is 0 Å². The molecule has 4 heteroatoms. The Morgan fingerprint density at radius 2 is 2.14 bits per heavy atom. The van der Waals surface area contributed by atoms with Gasteiger partial charge in [-0.2, -0.15) is 0 Å². The maximum Gasteiger partial charge on any atom is 0.227 e. The number of aromatic nitrogens is 1. The van der Waals surface area contributed by atoms with Crippen molar-refractivity contribution in [2.75, 3.05) is 13.1 Å². The van der Waals surface area contributed by atoms with Crippen LogP contribution in [0.15, 0.2) is 36.5 Å². The minimum Gasteiger partial charge on any atom is -0.369 e. The molecule has 1 aromatic carbocycles. The third-order valence-electron chi connectivity index (χ3n) is 3.98. The van der Waals surface area contributed by atoms with E-state index in [4.69, 9.17) is 4.74 Å². The molecular weight excluding hydrogens is 276 g/mol. The van der Waals surface area contributed by atoms with E-state index in [1.54, 1.807) is 6.20 Å². The summed E-state index contributed by atoms with van der Waals surface area (Å²) in [6.45, 7) is 7.36. The van der Waals surface area contributed by atoms with Gasteiger partial charge in [0.25, 0.3) is 0 Å². The Morgan fingerprint density at radius 3 is 2.91 bits per heavy atom. The van der Waals surface area contributed by atoms with E-state index in [0.717, 1.165) is 16.5 Å². The van der Waals surface area contributed by atoms with Crippen LogP contribution in [-0.2, 0) is 16.0 Å². The molecule has 22 heavy (non-hydrogen) atoms. The Labute approximate surface area is 131 Å². The molecule has 1 amide bonds. The van der Waals surface area contributed by atoms with Gasteiger partial charge >= 0.3 is 0 Å². The van der Waals surface area contributed by atoms with E-state index in [0.29, 0.717) is 19.5 Å². The van der Waals surface area contributed by atoms with Gasteiger partial charge in [-0.1, -0.05) is 24.3 Å². The van der Waals surface area contributed by atoms with E-state index in [1.807, 2.05) is 56.0 Å². The van der Waals surface area contributed by atoms with Crippen molar-refractivity contribution < 1.29 is 9.53 Å². The highest BCUT2D eigenvalue weighted by atomic mass is 16.5. The van der Waals surface area contributed by atoms with Gasteiger partial charge in [0.2, 0.25) is 5.91 Å². The van der Waals surface area contributed by atoms with Gasteiger partial charge in [0.15, 0.2) is 0 Å². The lowest BCUT2D eigenvalue weighted by Gasteiger charge is -2.41. The molecule has 1 aliphatic rings. The molecule has 1 aromatic heterocycles. The molecule has 3 rings (SSSR count). The summed E-state index contributed by atoms with van der Waals surface area (Å²) in [7, 11) is 0. The molecule has 2 aromatic rings. The molecule has 1 fully saturated rings. The highest BCUT2D eigenvalue weighted by Gasteiger charge is 2.33. The van der Waals surface area contributed by atoms with Gasteiger partial charge in [-0.3, -0.25) is 9.78 Å². The third kappa shape index (κ3) is 3.12. The van der Waals surface area contributed by atoms with Crippen molar-refractivity contribution in [3.63, 3.8) is 0 Å². The second-order valence-electron chi connectivity index (χ2n) is 6.63. The molecule has 1 saturated heterocycles. The molecule has 0 spiro atoms. The van der Waals surface area contributed by atoms with Crippen LogP contribution in [-0.4, -0.2) is 40.6 Å². The standard InChI is InChI=1S/C18H22N2O2/c1-13-11-20(12-18(2,3)22-13)16(21)10-15-7-4-6-14-8-5-9-19-17(14)15/h4-9,13H,10-12H2,1-3H3/t13-/m1/s1. The molecule has 0 bridgehead atoms. The van der Waals surface area contributed by atoms with Gasteiger partial charge in [-0.25, -0.2) is 0 Å². The highest BCUT2D eigenvalue weighted by molar-refractivity contribution is 5.87. The predicted molar refractivity (Wildman–Crippen MR) is 86.7 cm³/mol. The molecule has 116 valence electrons. The van der Waals surface area contributed by atoms with Crippen molar-refractivity contribution in [2.45, 2.75) is 38.9 Å². The summed E-state index contributed by atoms with van der Waals surface area (Å²) in [5, 5.41) is 1.07. The Bertz CT molecular complexity index is 691. The number of carbonyl (C=O) groups excluding carboxylic acids is 1. The lowest BCUT2D eigenvalue weighted by atomic mass is 10.0. The zero-order valence-electron chi connectivity index (χ0n) is 13.4. The minimum absolute atomic E-state index is 0.0679. The van der Waals surface area contributed by atoms with Crippen LogP contribution in [0.5, 0.6) is 0 Å². The van der Waals surface area contributed by atoms with Crippen LogP contribution in [0.1, 0.15) is 26.3 Å². The number of pyridine rings is 1. The molecule has 0 N–H and O–H groups in total. The van der Waals surface area contributed by atoms with Gasteiger partial charge in [0, 0.05) is 24.7 Å². The van der Waals surface area contributed by atoms with Crippen LogP contribution in [0.4, 0.5) is 0 Å². The van der Waals surface area contributed by atoms with Crippen LogP contribution in [0.2, 0.25) is 0 Å². The summed E-state index contributed by atoms with van der Waals surface area (Å²) >= 11 is 0.